The molecule has 0 atom stereocenters. The molecule has 1 N–H and O–H groups in total. The van der Waals surface area contributed by atoms with Gasteiger partial charge in [0, 0.05) is 5.39 Å². The van der Waals surface area contributed by atoms with Gasteiger partial charge in [0.15, 0.2) is 0 Å². The third kappa shape index (κ3) is 3.94. The van der Waals surface area contributed by atoms with E-state index in [-0.39, 0.29) is 13.1 Å². The summed E-state index contributed by atoms with van der Waals surface area (Å²) >= 11 is 0. The van der Waals surface area contributed by atoms with Gasteiger partial charge in [0.05, 0.1) is 19.8 Å². The number of pyridine rings is 1. The Bertz CT molecular complexity index is 667. The second-order valence-electron chi connectivity index (χ2n) is 3.74. The predicted molar refractivity (Wildman–Crippen MR) is 84.7 cm³/mol. The summed E-state index contributed by atoms with van der Waals surface area (Å²) in [7, 11) is 2.70. The van der Waals surface area contributed by atoms with Crippen LogP contribution in [0.1, 0.15) is 42.1 Å². The molecule has 0 radical (unpaired) electrons. The fourth-order valence-corrected chi connectivity index (χ4v) is 1.71. The van der Waals surface area contributed by atoms with Gasteiger partial charge >= 0.3 is 11.9 Å². The van der Waals surface area contributed by atoms with Crippen LogP contribution in [0.25, 0.3) is 10.9 Å². The first-order valence-corrected chi connectivity index (χ1v) is 6.37. The summed E-state index contributed by atoms with van der Waals surface area (Å²) in [5, 5.41) is 9.51. The van der Waals surface area contributed by atoms with Gasteiger partial charge in [-0.25, -0.2) is 14.6 Å². The minimum atomic E-state index is -1.12. The van der Waals surface area contributed by atoms with Gasteiger partial charge in [0.1, 0.15) is 17.0 Å². The van der Waals surface area contributed by atoms with Crippen LogP contribution in [0.4, 0.5) is 0 Å². The molecule has 0 spiro atoms. The highest BCUT2D eigenvalue weighted by molar-refractivity contribution is 5.98. The third-order valence-corrected chi connectivity index (χ3v) is 2.62. The largest absolute Gasteiger partial charge is 0.494 e. The van der Waals surface area contributed by atoms with E-state index in [4.69, 9.17) is 9.84 Å². The highest BCUT2D eigenvalue weighted by Crippen LogP contribution is 2.26. The lowest BCUT2D eigenvalue weighted by molar-refractivity contribution is 0.0599. The van der Waals surface area contributed by atoms with E-state index in [2.05, 4.69) is 9.72 Å². The number of carboxylic acid groups (broad SMARTS) is 1. The maximum atomic E-state index is 11.5. The summed E-state index contributed by atoms with van der Waals surface area (Å²) in [6, 6.07) is 5.97. The van der Waals surface area contributed by atoms with Crippen LogP contribution in [-0.2, 0) is 4.74 Å². The number of aromatic carboxylic acids is 1. The van der Waals surface area contributed by atoms with E-state index in [1.807, 2.05) is 13.8 Å². The number of hydrogen-bond donors (Lipinski definition) is 1. The van der Waals surface area contributed by atoms with E-state index in [0.29, 0.717) is 22.2 Å². The fraction of sp³-hybridized carbons (Fsp3) is 0.312. The van der Waals surface area contributed by atoms with Crippen LogP contribution in [0, 0.1) is 0 Å². The van der Waals surface area contributed by atoms with Crippen molar-refractivity contribution < 1.29 is 24.2 Å². The molecule has 0 amide bonds. The number of aromatic nitrogens is 1. The van der Waals surface area contributed by atoms with Crippen LogP contribution >= 0.6 is 0 Å². The van der Waals surface area contributed by atoms with E-state index in [1.165, 1.54) is 26.4 Å². The number of methoxy groups -OCH3 is 2. The number of ether oxygens (including phenoxy) is 2. The van der Waals surface area contributed by atoms with Crippen LogP contribution in [0.5, 0.6) is 5.75 Å². The van der Waals surface area contributed by atoms with Crippen molar-refractivity contribution in [3.8, 4) is 5.75 Å². The van der Waals surface area contributed by atoms with Crippen LogP contribution in [-0.4, -0.2) is 36.2 Å². The molecule has 1 heterocycles. The third-order valence-electron chi connectivity index (χ3n) is 2.62. The molecule has 22 heavy (non-hydrogen) atoms. The number of fused-ring (bicyclic) bond motifs is 1. The number of carboxylic acids is 1. The Balaban J connectivity index is 0.00000141. The maximum absolute atomic E-state index is 11.5. The number of hydrogen-bond acceptors (Lipinski definition) is 5. The molecule has 0 bridgehead atoms. The molecule has 0 saturated carbocycles. The Morgan fingerprint density at radius 2 is 1.77 bits per heavy atom. The second-order valence-corrected chi connectivity index (χ2v) is 3.74. The van der Waals surface area contributed by atoms with Gasteiger partial charge in [0.2, 0.25) is 0 Å². The van der Waals surface area contributed by atoms with Gasteiger partial charge in [-0.3, -0.25) is 0 Å². The lowest BCUT2D eigenvalue weighted by Gasteiger charge is -2.08. The monoisotopic (exact) mass is 307 g/mol. The maximum Gasteiger partial charge on any atom is 0.354 e. The molecule has 1 aromatic carbocycles. The number of benzene rings is 1. The Morgan fingerprint density at radius 3 is 2.27 bits per heavy atom. The average Bonchev–Trinajstić information content (AvgIpc) is 2.54. The summed E-state index contributed by atoms with van der Waals surface area (Å²) in [5.74, 6) is -1.30. The molecule has 0 fully saturated rings. The average molecular weight is 307 g/mol. The zero-order valence-electron chi connectivity index (χ0n) is 12.3. The van der Waals surface area contributed by atoms with Crippen LogP contribution in [0.3, 0.4) is 0 Å². The minimum absolute atomic E-state index is 0. The molecule has 0 unspecified atom stereocenters. The summed E-state index contributed by atoms with van der Waals surface area (Å²) < 4.78 is 9.77. The molecule has 2 rings (SSSR count). The predicted octanol–water partition coefficient (Wildman–Crippen LogP) is 3.39. The molecular formula is C16H21NO5. The van der Waals surface area contributed by atoms with E-state index in [9.17, 15) is 9.59 Å². The highest BCUT2D eigenvalue weighted by atomic mass is 16.5. The smallest absolute Gasteiger partial charge is 0.354 e. The number of nitrogens with zero attached hydrogens (tertiary/aromatic N) is 1. The Kier molecular flexibility index (Phi) is 7.58. The molecule has 0 aliphatic heterocycles. The zero-order valence-corrected chi connectivity index (χ0v) is 12.3. The Labute approximate surface area is 129 Å². The second kappa shape index (κ2) is 8.61. The number of carbonyl (C=O) groups excluding carboxylic acids is 1. The molecular weight excluding hydrogens is 286 g/mol. The molecule has 2 aromatic rings. The van der Waals surface area contributed by atoms with Crippen molar-refractivity contribution in [1.82, 2.24) is 4.98 Å². The van der Waals surface area contributed by atoms with Gasteiger partial charge in [-0.15, -0.1) is 0 Å². The molecule has 6 heteroatoms. The Hall–Kier alpha value is -2.63. The summed E-state index contributed by atoms with van der Waals surface area (Å²) in [6.45, 7) is 4.00. The van der Waals surface area contributed by atoms with Crippen molar-refractivity contribution in [2.75, 3.05) is 14.2 Å². The molecule has 0 saturated heterocycles. The van der Waals surface area contributed by atoms with Gasteiger partial charge in [-0.05, 0) is 18.2 Å². The van der Waals surface area contributed by atoms with Crippen molar-refractivity contribution in [1.29, 1.82) is 0 Å². The van der Waals surface area contributed by atoms with Gasteiger partial charge in [-0.1, -0.05) is 27.3 Å². The lowest BCUT2D eigenvalue weighted by Crippen LogP contribution is -2.04. The highest BCUT2D eigenvalue weighted by Gasteiger charge is 2.14. The number of rotatable bonds is 3. The number of carbonyl (C=O) groups is 2. The Morgan fingerprint density at radius 1 is 1.14 bits per heavy atom. The van der Waals surface area contributed by atoms with Crippen molar-refractivity contribution in [2.24, 2.45) is 0 Å². The van der Waals surface area contributed by atoms with Crippen LogP contribution < -0.4 is 4.74 Å². The van der Waals surface area contributed by atoms with Crippen molar-refractivity contribution in [3.05, 3.63) is 35.5 Å². The lowest BCUT2D eigenvalue weighted by atomic mass is 10.1. The fourth-order valence-electron chi connectivity index (χ4n) is 1.71. The van der Waals surface area contributed by atoms with Crippen molar-refractivity contribution in [3.63, 3.8) is 0 Å². The molecule has 0 aliphatic rings. The summed E-state index contributed by atoms with van der Waals surface area (Å²) in [4.78, 5) is 26.4. The van der Waals surface area contributed by atoms with Crippen LogP contribution in [0.2, 0.25) is 0 Å². The SMILES string of the molecule is C.CC.COC(=O)c1cc(OC)c2nc(C(=O)O)ccc2c1. The van der Waals surface area contributed by atoms with E-state index >= 15 is 0 Å². The first-order chi connectivity index (χ1) is 10.1. The summed E-state index contributed by atoms with van der Waals surface area (Å²) in [6.07, 6.45) is 0. The van der Waals surface area contributed by atoms with Crippen molar-refractivity contribution >= 4 is 22.8 Å². The molecule has 0 aliphatic carbocycles. The van der Waals surface area contributed by atoms with E-state index < -0.39 is 11.9 Å². The van der Waals surface area contributed by atoms with Gasteiger partial charge in [0.25, 0.3) is 0 Å². The zero-order chi connectivity index (χ0) is 16.0. The molecule has 6 nitrogen and oxygen atoms in total. The quantitative estimate of drug-likeness (QED) is 0.875. The van der Waals surface area contributed by atoms with Crippen LogP contribution in [0.15, 0.2) is 24.3 Å². The first kappa shape index (κ1) is 19.4. The molecule has 120 valence electrons. The van der Waals surface area contributed by atoms with Gasteiger partial charge in [-0.2, -0.15) is 0 Å². The topological polar surface area (TPSA) is 85.7 Å². The first-order valence-electron chi connectivity index (χ1n) is 6.37. The normalized spacial score (nSPS) is 9.09. The summed E-state index contributed by atoms with van der Waals surface area (Å²) in [5.41, 5.74) is 0.614. The standard InChI is InChI=1S/C13H11NO5.C2H6.CH4/c1-18-10-6-8(13(17)19-2)5-7-3-4-9(12(15)16)14-11(7)10;1-2;/h3-6H,1-2H3,(H,15,16);1-2H3;1H4. The molecule has 1 aromatic heterocycles. The van der Waals surface area contributed by atoms with Gasteiger partial charge < -0.3 is 14.6 Å². The van der Waals surface area contributed by atoms with Crippen molar-refractivity contribution in [2.45, 2.75) is 21.3 Å². The van der Waals surface area contributed by atoms with E-state index in [1.54, 1.807) is 12.1 Å². The van der Waals surface area contributed by atoms with E-state index in [0.717, 1.165) is 0 Å². The number of esters is 1. The minimum Gasteiger partial charge on any atom is -0.494 e.